The fourth-order valence-corrected chi connectivity index (χ4v) is 4.07. The molecule has 3 aromatic carbocycles. The van der Waals surface area contributed by atoms with E-state index in [9.17, 15) is 4.79 Å². The third kappa shape index (κ3) is 4.75. The Morgan fingerprint density at radius 1 is 0.903 bits per heavy atom. The molecule has 0 fully saturated rings. The molecule has 4 rings (SSSR count). The molecule has 0 aliphatic carbocycles. The van der Waals surface area contributed by atoms with Gasteiger partial charge in [0.05, 0.1) is 5.75 Å². The highest BCUT2D eigenvalue weighted by atomic mass is 32.2. The lowest BCUT2D eigenvalue weighted by Gasteiger charge is -2.21. The Morgan fingerprint density at radius 2 is 1.52 bits per heavy atom. The van der Waals surface area contributed by atoms with E-state index >= 15 is 0 Å². The van der Waals surface area contributed by atoms with Gasteiger partial charge in [0.25, 0.3) is 0 Å². The van der Waals surface area contributed by atoms with Crippen molar-refractivity contribution in [2.45, 2.75) is 5.16 Å². The van der Waals surface area contributed by atoms with Gasteiger partial charge >= 0.3 is 0 Å². The van der Waals surface area contributed by atoms with Crippen molar-refractivity contribution in [3.05, 3.63) is 104 Å². The molecular weight excluding hydrogens is 404 g/mol. The normalized spacial score (nSPS) is 10.6. The van der Waals surface area contributed by atoms with Crippen LogP contribution in [0.15, 0.2) is 109 Å². The molecule has 1 heterocycles. The van der Waals surface area contributed by atoms with E-state index in [1.165, 1.54) is 11.8 Å². The molecule has 31 heavy (non-hydrogen) atoms. The first-order valence-electron chi connectivity index (χ1n) is 9.93. The highest BCUT2D eigenvalue weighted by Crippen LogP contribution is 2.28. The lowest BCUT2D eigenvalue weighted by Crippen LogP contribution is -2.32. The van der Waals surface area contributed by atoms with Crippen molar-refractivity contribution in [3.63, 3.8) is 0 Å². The molecule has 0 radical (unpaired) electrons. The highest BCUT2D eigenvalue weighted by Gasteiger charge is 2.19. The number of hydrogen-bond donors (Lipinski definition) is 0. The van der Waals surface area contributed by atoms with E-state index in [4.69, 9.17) is 0 Å². The van der Waals surface area contributed by atoms with Gasteiger partial charge < -0.3 is 4.90 Å². The third-order valence-electron chi connectivity index (χ3n) is 4.69. The van der Waals surface area contributed by atoms with Crippen LogP contribution in [0.25, 0.3) is 17.1 Å². The maximum atomic E-state index is 13.0. The van der Waals surface area contributed by atoms with Gasteiger partial charge in [0.15, 0.2) is 11.0 Å². The molecular formula is C25H22N4OS. The second-order valence-electron chi connectivity index (χ2n) is 6.76. The minimum absolute atomic E-state index is 0.0139. The summed E-state index contributed by atoms with van der Waals surface area (Å²) in [6.45, 7) is 4.24. The lowest BCUT2D eigenvalue weighted by atomic mass is 10.2. The van der Waals surface area contributed by atoms with Crippen LogP contribution in [0.1, 0.15) is 0 Å². The number of rotatable bonds is 8. The van der Waals surface area contributed by atoms with E-state index < -0.39 is 0 Å². The summed E-state index contributed by atoms with van der Waals surface area (Å²) in [5, 5.41) is 9.51. The molecule has 1 amide bonds. The zero-order chi connectivity index (χ0) is 21.5. The predicted molar refractivity (Wildman–Crippen MR) is 127 cm³/mol. The van der Waals surface area contributed by atoms with Gasteiger partial charge in [-0.3, -0.25) is 9.36 Å². The first-order chi connectivity index (χ1) is 15.3. The largest absolute Gasteiger partial charge is 0.308 e. The van der Waals surface area contributed by atoms with Gasteiger partial charge in [0, 0.05) is 23.5 Å². The van der Waals surface area contributed by atoms with Gasteiger partial charge in [-0.2, -0.15) is 0 Å². The van der Waals surface area contributed by atoms with Crippen molar-refractivity contribution in [2.24, 2.45) is 0 Å². The molecule has 0 aliphatic rings. The number of amides is 1. The monoisotopic (exact) mass is 426 g/mol. The van der Waals surface area contributed by atoms with Crippen molar-refractivity contribution >= 4 is 23.4 Å². The number of anilines is 1. The number of para-hydroxylation sites is 2. The number of carbonyl (C=O) groups is 1. The van der Waals surface area contributed by atoms with E-state index in [2.05, 4.69) is 16.8 Å². The number of hydrogen-bond acceptors (Lipinski definition) is 4. The van der Waals surface area contributed by atoms with Crippen molar-refractivity contribution in [2.75, 3.05) is 17.2 Å². The van der Waals surface area contributed by atoms with Crippen LogP contribution in [0.2, 0.25) is 0 Å². The summed E-state index contributed by atoms with van der Waals surface area (Å²) >= 11 is 1.38. The Hall–Kier alpha value is -3.64. The molecule has 0 unspecified atom stereocenters. The highest BCUT2D eigenvalue weighted by molar-refractivity contribution is 7.99. The molecule has 4 aromatic rings. The van der Waals surface area contributed by atoms with Crippen LogP contribution >= 0.6 is 11.8 Å². The van der Waals surface area contributed by atoms with Crippen LogP contribution < -0.4 is 4.90 Å². The number of thioether (sulfide) groups is 1. The average molecular weight is 427 g/mol. The number of aromatic nitrogens is 3. The Balaban J connectivity index is 1.62. The van der Waals surface area contributed by atoms with Crippen LogP contribution in [0.4, 0.5) is 5.69 Å². The smallest absolute Gasteiger partial charge is 0.237 e. The first-order valence-corrected chi connectivity index (χ1v) is 10.9. The Morgan fingerprint density at radius 3 is 2.16 bits per heavy atom. The van der Waals surface area contributed by atoms with Crippen LogP contribution in [-0.2, 0) is 4.79 Å². The van der Waals surface area contributed by atoms with Gasteiger partial charge in [0.2, 0.25) is 5.91 Å². The Kier molecular flexibility index (Phi) is 6.59. The van der Waals surface area contributed by atoms with E-state index in [0.29, 0.717) is 11.7 Å². The number of benzene rings is 3. The molecule has 0 bridgehead atoms. The Labute approximate surface area is 186 Å². The first kappa shape index (κ1) is 20.6. The molecule has 5 nitrogen and oxygen atoms in total. The maximum absolute atomic E-state index is 13.0. The van der Waals surface area contributed by atoms with Gasteiger partial charge in [-0.15, -0.1) is 16.8 Å². The molecule has 0 aliphatic heterocycles. The molecule has 154 valence electrons. The van der Waals surface area contributed by atoms with Gasteiger partial charge in [-0.25, -0.2) is 0 Å². The zero-order valence-corrected chi connectivity index (χ0v) is 17.8. The van der Waals surface area contributed by atoms with Gasteiger partial charge in [-0.1, -0.05) is 84.6 Å². The molecule has 1 aromatic heterocycles. The quantitative estimate of drug-likeness (QED) is 0.285. The minimum Gasteiger partial charge on any atom is -0.308 e. The van der Waals surface area contributed by atoms with E-state index in [-0.39, 0.29) is 11.7 Å². The molecule has 0 saturated heterocycles. The SMILES string of the molecule is C=CCN(C(=O)CSc1nnc(-c2ccccc2)n1-c1ccccc1)c1ccccc1. The molecule has 0 spiro atoms. The van der Waals surface area contributed by atoms with Crippen LogP contribution in [-0.4, -0.2) is 33.0 Å². The van der Waals surface area contributed by atoms with E-state index in [0.717, 1.165) is 22.8 Å². The average Bonchev–Trinajstić information content (AvgIpc) is 3.26. The van der Waals surface area contributed by atoms with E-state index in [1.54, 1.807) is 11.0 Å². The second-order valence-corrected chi connectivity index (χ2v) is 7.70. The van der Waals surface area contributed by atoms with Crippen LogP contribution in [0.5, 0.6) is 0 Å². The summed E-state index contributed by atoms with van der Waals surface area (Å²) in [7, 11) is 0. The fraction of sp³-hybridized carbons (Fsp3) is 0.0800. The molecule has 0 atom stereocenters. The van der Waals surface area contributed by atoms with Crippen molar-refractivity contribution in [3.8, 4) is 17.1 Å². The Bertz CT molecular complexity index is 1140. The summed E-state index contributed by atoms with van der Waals surface area (Å²) < 4.78 is 1.99. The lowest BCUT2D eigenvalue weighted by molar-refractivity contribution is -0.116. The number of nitrogens with zero attached hydrogens (tertiary/aromatic N) is 4. The summed E-state index contributed by atoms with van der Waals surface area (Å²) in [5.41, 5.74) is 2.77. The summed E-state index contributed by atoms with van der Waals surface area (Å²) in [6, 6.07) is 29.5. The summed E-state index contributed by atoms with van der Waals surface area (Å²) in [6.07, 6.45) is 1.73. The fourth-order valence-electron chi connectivity index (χ4n) is 3.24. The minimum atomic E-state index is -0.0139. The molecule has 0 saturated carbocycles. The standard InChI is InChI=1S/C25H22N4OS/c1-2-18-28(21-14-8-4-9-15-21)23(30)19-31-25-27-26-24(20-12-6-3-7-13-20)29(25)22-16-10-5-11-17-22/h2-17H,1,18-19H2. The third-order valence-corrected chi connectivity index (χ3v) is 5.60. The molecule has 6 heteroatoms. The van der Waals surface area contributed by atoms with Gasteiger partial charge in [0.1, 0.15) is 0 Å². The van der Waals surface area contributed by atoms with Gasteiger partial charge in [-0.05, 0) is 24.3 Å². The van der Waals surface area contributed by atoms with Crippen LogP contribution in [0, 0.1) is 0 Å². The zero-order valence-electron chi connectivity index (χ0n) is 17.0. The van der Waals surface area contributed by atoms with Crippen molar-refractivity contribution < 1.29 is 4.79 Å². The number of carbonyl (C=O) groups excluding carboxylic acids is 1. The molecule has 0 N–H and O–H groups in total. The summed E-state index contributed by atoms with van der Waals surface area (Å²) in [5.74, 6) is 0.968. The summed E-state index contributed by atoms with van der Waals surface area (Å²) in [4.78, 5) is 14.8. The van der Waals surface area contributed by atoms with Crippen molar-refractivity contribution in [1.82, 2.24) is 14.8 Å². The van der Waals surface area contributed by atoms with Crippen molar-refractivity contribution in [1.29, 1.82) is 0 Å². The topological polar surface area (TPSA) is 51.0 Å². The van der Waals surface area contributed by atoms with E-state index in [1.807, 2.05) is 95.6 Å². The van der Waals surface area contributed by atoms with Crippen LogP contribution in [0.3, 0.4) is 0 Å². The predicted octanol–water partition coefficient (Wildman–Crippen LogP) is 5.25. The second kappa shape index (κ2) is 9.91. The maximum Gasteiger partial charge on any atom is 0.237 e.